The number of benzene rings is 1. The fraction of sp³-hybridized carbons (Fsp3) is 0.500. The Morgan fingerprint density at radius 2 is 2.00 bits per heavy atom. The van der Waals surface area contributed by atoms with Crippen LogP contribution in [-0.4, -0.2) is 40.3 Å². The number of carboxylic acids is 2. The number of nitrogens with zero attached hydrogens (tertiary/aromatic N) is 1. The van der Waals surface area contributed by atoms with Crippen LogP contribution in [0.2, 0.25) is 0 Å². The molecule has 0 saturated carbocycles. The smallest absolute Gasteiger partial charge is 0.322 e. The first-order chi connectivity index (χ1) is 10.9. The van der Waals surface area contributed by atoms with Crippen molar-refractivity contribution in [3.63, 3.8) is 0 Å². The van der Waals surface area contributed by atoms with Gasteiger partial charge in [0.05, 0.1) is 5.69 Å². The zero-order chi connectivity index (χ0) is 17.0. The quantitative estimate of drug-likeness (QED) is 0.591. The Morgan fingerprint density at radius 3 is 2.52 bits per heavy atom. The lowest BCUT2D eigenvalue weighted by molar-refractivity contribution is -0.139. The summed E-state index contributed by atoms with van der Waals surface area (Å²) in [5.74, 6) is -2.04. The molecule has 1 aliphatic rings. The standard InChI is InChI=1S/C16H23N3O4/c1-2-3-10-4-6-11(7-5-10)19-12(8-13(17)15(20)21)9-14(18-19)16(22)23/h4-7,12-14,18H,2-3,8-9,17H2,1H3,(H,20,21)(H,22,23)/t12-,13+,14+/m0/s1. The summed E-state index contributed by atoms with van der Waals surface area (Å²) in [5, 5.41) is 19.9. The number of aryl methyl sites for hydroxylation is 1. The molecule has 0 spiro atoms. The number of rotatable bonds is 7. The van der Waals surface area contributed by atoms with Gasteiger partial charge >= 0.3 is 11.9 Å². The van der Waals surface area contributed by atoms with Crippen LogP contribution in [0, 0.1) is 0 Å². The van der Waals surface area contributed by atoms with Crippen molar-refractivity contribution in [1.29, 1.82) is 0 Å². The van der Waals surface area contributed by atoms with E-state index in [1.54, 1.807) is 5.01 Å². The molecule has 1 aliphatic heterocycles. The van der Waals surface area contributed by atoms with E-state index in [-0.39, 0.29) is 12.5 Å². The summed E-state index contributed by atoms with van der Waals surface area (Å²) in [7, 11) is 0. The molecule has 0 unspecified atom stereocenters. The zero-order valence-electron chi connectivity index (χ0n) is 13.1. The summed E-state index contributed by atoms with van der Waals surface area (Å²) in [6.07, 6.45) is 2.53. The van der Waals surface area contributed by atoms with Crippen LogP contribution in [0.25, 0.3) is 0 Å². The lowest BCUT2D eigenvalue weighted by Gasteiger charge is -2.27. The molecule has 23 heavy (non-hydrogen) atoms. The molecule has 0 bridgehead atoms. The van der Waals surface area contributed by atoms with E-state index in [1.165, 1.54) is 5.56 Å². The second-order valence-electron chi connectivity index (χ2n) is 5.88. The van der Waals surface area contributed by atoms with Crippen LogP contribution in [0.15, 0.2) is 24.3 Å². The van der Waals surface area contributed by atoms with E-state index in [9.17, 15) is 14.7 Å². The van der Waals surface area contributed by atoms with Gasteiger partial charge in [0.25, 0.3) is 0 Å². The molecule has 0 aromatic heterocycles. The maximum Gasteiger partial charge on any atom is 0.322 e. The minimum Gasteiger partial charge on any atom is -0.480 e. The molecule has 0 aliphatic carbocycles. The molecule has 1 saturated heterocycles. The minimum atomic E-state index is -1.08. The Morgan fingerprint density at radius 1 is 1.35 bits per heavy atom. The predicted molar refractivity (Wildman–Crippen MR) is 86.1 cm³/mol. The molecule has 5 N–H and O–H groups in total. The fourth-order valence-corrected chi connectivity index (χ4v) is 2.85. The molecule has 3 atom stereocenters. The van der Waals surface area contributed by atoms with Crippen LogP contribution in [0.5, 0.6) is 0 Å². The number of anilines is 1. The minimum absolute atomic E-state index is 0.183. The van der Waals surface area contributed by atoms with Gasteiger partial charge in [-0.25, -0.2) is 5.43 Å². The van der Waals surface area contributed by atoms with Crippen LogP contribution in [0.4, 0.5) is 5.69 Å². The van der Waals surface area contributed by atoms with Gasteiger partial charge in [-0.2, -0.15) is 0 Å². The molecular formula is C16H23N3O4. The molecule has 1 heterocycles. The molecule has 2 rings (SSSR count). The van der Waals surface area contributed by atoms with E-state index in [2.05, 4.69) is 12.3 Å². The van der Waals surface area contributed by atoms with Crippen molar-refractivity contribution in [3.8, 4) is 0 Å². The molecule has 126 valence electrons. The first-order valence-corrected chi connectivity index (χ1v) is 7.78. The zero-order valence-corrected chi connectivity index (χ0v) is 13.1. The molecule has 1 fully saturated rings. The van der Waals surface area contributed by atoms with Crippen molar-refractivity contribution in [3.05, 3.63) is 29.8 Å². The Labute approximate surface area is 135 Å². The van der Waals surface area contributed by atoms with Gasteiger partial charge in [0.1, 0.15) is 12.1 Å². The highest BCUT2D eigenvalue weighted by atomic mass is 16.4. The highest BCUT2D eigenvalue weighted by Gasteiger charge is 2.37. The first kappa shape index (κ1) is 17.2. The Bertz CT molecular complexity index is 561. The Hall–Kier alpha value is -2.12. The number of carbonyl (C=O) groups is 2. The average molecular weight is 321 g/mol. The lowest BCUT2D eigenvalue weighted by Crippen LogP contribution is -2.44. The van der Waals surface area contributed by atoms with Gasteiger partial charge in [0.15, 0.2) is 0 Å². The third-order valence-electron chi connectivity index (χ3n) is 4.06. The molecular weight excluding hydrogens is 298 g/mol. The van der Waals surface area contributed by atoms with E-state index < -0.39 is 24.0 Å². The van der Waals surface area contributed by atoms with E-state index >= 15 is 0 Å². The molecule has 1 aromatic carbocycles. The van der Waals surface area contributed by atoms with Gasteiger partial charge in [0, 0.05) is 6.04 Å². The van der Waals surface area contributed by atoms with Crippen molar-refractivity contribution in [2.45, 2.75) is 50.7 Å². The van der Waals surface area contributed by atoms with Crippen LogP contribution in [0.3, 0.4) is 0 Å². The normalized spacial score (nSPS) is 22.1. The molecule has 7 nitrogen and oxygen atoms in total. The second-order valence-corrected chi connectivity index (χ2v) is 5.88. The highest BCUT2D eigenvalue weighted by Crippen LogP contribution is 2.26. The summed E-state index contributed by atoms with van der Waals surface area (Å²) in [6, 6.07) is 5.81. The van der Waals surface area contributed by atoms with E-state index in [1.807, 2.05) is 24.3 Å². The number of carboxylic acid groups (broad SMARTS) is 2. The Kier molecular flexibility index (Phi) is 5.57. The number of hydrazine groups is 1. The molecule has 1 aromatic rings. The number of nitrogens with two attached hydrogens (primary N) is 1. The number of hydrogen-bond donors (Lipinski definition) is 4. The van der Waals surface area contributed by atoms with Gasteiger partial charge in [-0.15, -0.1) is 0 Å². The lowest BCUT2D eigenvalue weighted by atomic mass is 10.0. The summed E-state index contributed by atoms with van der Waals surface area (Å²) < 4.78 is 0. The fourth-order valence-electron chi connectivity index (χ4n) is 2.85. The second kappa shape index (κ2) is 7.43. The number of nitrogens with one attached hydrogen (secondary N) is 1. The first-order valence-electron chi connectivity index (χ1n) is 7.78. The summed E-state index contributed by atoms with van der Waals surface area (Å²) >= 11 is 0. The van der Waals surface area contributed by atoms with E-state index in [4.69, 9.17) is 10.8 Å². The summed E-state index contributed by atoms with van der Waals surface area (Å²) in [5.41, 5.74) is 10.6. The van der Waals surface area contributed by atoms with Crippen LogP contribution in [0.1, 0.15) is 31.7 Å². The van der Waals surface area contributed by atoms with E-state index in [0.29, 0.717) is 6.42 Å². The average Bonchev–Trinajstić information content (AvgIpc) is 2.92. The van der Waals surface area contributed by atoms with Crippen LogP contribution in [-0.2, 0) is 16.0 Å². The molecule has 0 radical (unpaired) electrons. The van der Waals surface area contributed by atoms with Gasteiger partial charge in [-0.05, 0) is 37.0 Å². The third kappa shape index (κ3) is 4.20. The van der Waals surface area contributed by atoms with Gasteiger partial charge in [0.2, 0.25) is 0 Å². The monoisotopic (exact) mass is 321 g/mol. The van der Waals surface area contributed by atoms with Crippen molar-refractivity contribution in [2.24, 2.45) is 5.73 Å². The van der Waals surface area contributed by atoms with E-state index in [0.717, 1.165) is 18.5 Å². The maximum atomic E-state index is 11.2. The van der Waals surface area contributed by atoms with Crippen molar-refractivity contribution >= 4 is 17.6 Å². The van der Waals surface area contributed by atoms with Crippen LogP contribution < -0.4 is 16.2 Å². The van der Waals surface area contributed by atoms with Crippen molar-refractivity contribution in [1.82, 2.24) is 5.43 Å². The molecule has 7 heteroatoms. The Balaban J connectivity index is 2.17. The van der Waals surface area contributed by atoms with Gasteiger partial charge in [-0.3, -0.25) is 9.59 Å². The highest BCUT2D eigenvalue weighted by molar-refractivity contribution is 5.76. The van der Waals surface area contributed by atoms with Crippen molar-refractivity contribution in [2.75, 3.05) is 5.01 Å². The topological polar surface area (TPSA) is 116 Å². The van der Waals surface area contributed by atoms with Gasteiger partial charge < -0.3 is 21.0 Å². The molecule has 0 amide bonds. The summed E-state index contributed by atoms with van der Waals surface area (Å²) in [4.78, 5) is 22.2. The predicted octanol–water partition coefficient (Wildman–Crippen LogP) is 0.978. The van der Waals surface area contributed by atoms with Gasteiger partial charge in [-0.1, -0.05) is 25.5 Å². The summed E-state index contributed by atoms with van der Waals surface area (Å²) in [6.45, 7) is 2.11. The SMILES string of the molecule is CCCc1ccc(N2N[C@@H](C(=O)O)C[C@@H]2C[C@@H](N)C(=O)O)cc1. The number of aliphatic carboxylic acids is 2. The number of hydrogen-bond acceptors (Lipinski definition) is 5. The van der Waals surface area contributed by atoms with Crippen LogP contribution >= 0.6 is 0 Å². The largest absolute Gasteiger partial charge is 0.480 e. The maximum absolute atomic E-state index is 11.2. The van der Waals surface area contributed by atoms with Crippen molar-refractivity contribution < 1.29 is 19.8 Å². The third-order valence-corrected chi connectivity index (χ3v) is 4.06.